The normalized spacial score (nSPS) is 10.7. The number of unbranched alkanes of at least 4 members (excludes halogenated alkanes) is 1. The van der Waals surface area contributed by atoms with Crippen molar-refractivity contribution in [3.63, 3.8) is 0 Å². The van der Waals surface area contributed by atoms with Gasteiger partial charge < -0.3 is 9.15 Å². The molecule has 4 heteroatoms. The van der Waals surface area contributed by atoms with Crippen molar-refractivity contribution in [1.29, 1.82) is 5.26 Å². The van der Waals surface area contributed by atoms with E-state index in [2.05, 4.69) is 0 Å². The number of esters is 1. The van der Waals surface area contributed by atoms with E-state index < -0.39 is 5.97 Å². The van der Waals surface area contributed by atoms with Crippen LogP contribution in [-0.2, 0) is 4.74 Å². The van der Waals surface area contributed by atoms with Gasteiger partial charge in [-0.2, -0.15) is 5.26 Å². The average Bonchev–Trinajstić information content (AvgIpc) is 2.89. The minimum Gasteiger partial charge on any atom is -0.460 e. The van der Waals surface area contributed by atoms with Gasteiger partial charge in [0.15, 0.2) is 0 Å². The Morgan fingerprint density at radius 2 is 2.05 bits per heavy atom. The van der Waals surface area contributed by atoms with Crippen LogP contribution in [0.25, 0.3) is 21.7 Å². The fraction of sp³-hybridized carbons (Fsp3) is 0.222. The van der Waals surface area contributed by atoms with Crippen molar-refractivity contribution in [3.8, 4) is 6.07 Å². The van der Waals surface area contributed by atoms with Gasteiger partial charge in [0.25, 0.3) is 0 Å². The predicted octanol–water partition coefficient (Wildman–Crippen LogP) is 4.36. The Morgan fingerprint density at radius 3 is 2.86 bits per heavy atom. The first-order valence-corrected chi connectivity index (χ1v) is 7.17. The first-order valence-electron chi connectivity index (χ1n) is 7.17. The average molecular weight is 293 g/mol. The molecule has 2 aromatic carbocycles. The number of hydrogen-bond acceptors (Lipinski definition) is 4. The molecule has 0 aliphatic carbocycles. The van der Waals surface area contributed by atoms with Crippen LogP contribution in [0.5, 0.6) is 0 Å². The molecule has 0 amide bonds. The molecule has 0 radical (unpaired) electrons. The fourth-order valence-corrected chi connectivity index (χ4v) is 2.53. The van der Waals surface area contributed by atoms with Crippen LogP contribution in [0.1, 0.15) is 29.0 Å². The Balaban J connectivity index is 1.97. The highest BCUT2D eigenvalue weighted by atomic mass is 16.5. The van der Waals surface area contributed by atoms with Gasteiger partial charge in [-0.3, -0.25) is 0 Å². The number of carbonyl (C=O) groups is 1. The largest absolute Gasteiger partial charge is 0.460 e. The maximum Gasteiger partial charge on any atom is 0.374 e. The van der Waals surface area contributed by atoms with E-state index in [9.17, 15) is 4.79 Å². The summed E-state index contributed by atoms with van der Waals surface area (Å²) in [5, 5.41) is 11.4. The van der Waals surface area contributed by atoms with Crippen molar-refractivity contribution >= 4 is 27.7 Å². The number of ether oxygens (including phenoxy) is 1. The Bertz CT molecular complexity index is 886. The van der Waals surface area contributed by atoms with Crippen LogP contribution in [0.2, 0.25) is 0 Å². The van der Waals surface area contributed by atoms with Crippen LogP contribution in [0.3, 0.4) is 0 Å². The molecule has 4 nitrogen and oxygen atoms in total. The van der Waals surface area contributed by atoms with Gasteiger partial charge in [0, 0.05) is 22.8 Å². The lowest BCUT2D eigenvalue weighted by Crippen LogP contribution is -2.06. The Hall–Kier alpha value is -2.80. The molecule has 0 bridgehead atoms. The molecule has 1 aromatic heterocycles. The molecule has 0 atom stereocenters. The zero-order valence-electron chi connectivity index (χ0n) is 12.3. The topological polar surface area (TPSA) is 63.2 Å². The second-order valence-corrected chi connectivity index (χ2v) is 5.12. The number of furan rings is 1. The van der Waals surface area contributed by atoms with Gasteiger partial charge in [0.2, 0.25) is 5.76 Å². The molecule has 0 unspecified atom stereocenters. The number of nitriles is 1. The van der Waals surface area contributed by atoms with E-state index in [1.807, 2.05) is 49.4 Å². The molecule has 0 saturated carbocycles. The number of aryl methyl sites for hydroxylation is 1. The summed E-state index contributed by atoms with van der Waals surface area (Å²) in [6, 6.07) is 13.9. The van der Waals surface area contributed by atoms with Crippen molar-refractivity contribution in [1.82, 2.24) is 0 Å². The van der Waals surface area contributed by atoms with Crippen LogP contribution in [0.15, 0.2) is 40.8 Å². The van der Waals surface area contributed by atoms with Crippen LogP contribution in [0, 0.1) is 18.3 Å². The zero-order chi connectivity index (χ0) is 15.5. The summed E-state index contributed by atoms with van der Waals surface area (Å²) in [5.41, 5.74) is 1.49. The molecule has 110 valence electrons. The van der Waals surface area contributed by atoms with E-state index in [1.165, 1.54) is 0 Å². The number of carbonyl (C=O) groups excluding carboxylic acids is 1. The third kappa shape index (κ3) is 2.42. The number of rotatable bonds is 4. The van der Waals surface area contributed by atoms with Gasteiger partial charge in [-0.1, -0.05) is 36.4 Å². The number of benzene rings is 2. The first-order chi connectivity index (χ1) is 10.7. The minimum absolute atomic E-state index is 0.226. The third-order valence-electron chi connectivity index (χ3n) is 3.68. The second-order valence-electron chi connectivity index (χ2n) is 5.12. The summed E-state index contributed by atoms with van der Waals surface area (Å²) in [6.07, 6.45) is 0.904. The highest BCUT2D eigenvalue weighted by molar-refractivity contribution is 6.08. The van der Waals surface area contributed by atoms with Crippen molar-refractivity contribution in [2.24, 2.45) is 0 Å². The summed E-state index contributed by atoms with van der Waals surface area (Å²) in [6.45, 7) is 2.08. The van der Waals surface area contributed by atoms with Crippen LogP contribution >= 0.6 is 0 Å². The quantitative estimate of drug-likeness (QED) is 0.529. The molecular formula is C18H15NO3. The predicted molar refractivity (Wildman–Crippen MR) is 83.6 cm³/mol. The summed E-state index contributed by atoms with van der Waals surface area (Å²) in [5.74, 6) is -0.237. The monoisotopic (exact) mass is 293 g/mol. The summed E-state index contributed by atoms with van der Waals surface area (Å²) >= 11 is 0. The maximum absolute atomic E-state index is 12.1. The van der Waals surface area contributed by atoms with Gasteiger partial charge in [0.1, 0.15) is 5.58 Å². The van der Waals surface area contributed by atoms with Gasteiger partial charge in [-0.25, -0.2) is 4.79 Å². The van der Waals surface area contributed by atoms with Crippen molar-refractivity contribution in [2.75, 3.05) is 6.61 Å². The second kappa shape index (κ2) is 5.90. The highest BCUT2D eigenvalue weighted by Crippen LogP contribution is 2.31. The van der Waals surface area contributed by atoms with Crippen molar-refractivity contribution in [2.45, 2.75) is 19.8 Å². The van der Waals surface area contributed by atoms with Gasteiger partial charge >= 0.3 is 5.97 Å². The molecule has 0 N–H and O–H groups in total. The highest BCUT2D eigenvalue weighted by Gasteiger charge is 2.20. The van der Waals surface area contributed by atoms with Crippen LogP contribution in [-0.4, -0.2) is 12.6 Å². The molecule has 22 heavy (non-hydrogen) atoms. The van der Waals surface area contributed by atoms with Crippen molar-refractivity contribution < 1.29 is 13.9 Å². The van der Waals surface area contributed by atoms with Crippen LogP contribution < -0.4 is 0 Å². The smallest absolute Gasteiger partial charge is 0.374 e. The van der Waals surface area contributed by atoms with Crippen molar-refractivity contribution in [3.05, 3.63) is 47.7 Å². The standard InChI is InChI=1S/C18H15NO3/c1-12-14-9-8-13-6-2-3-7-15(13)17(14)22-16(12)18(20)21-11-5-4-10-19/h2-3,6-9H,4-5,11H2,1H3. The van der Waals surface area contributed by atoms with Crippen LogP contribution in [0.4, 0.5) is 0 Å². The first kappa shape index (κ1) is 14.2. The SMILES string of the molecule is Cc1c(C(=O)OCCCC#N)oc2c1ccc1ccccc12. The van der Waals surface area contributed by atoms with Gasteiger partial charge in [-0.15, -0.1) is 0 Å². The van der Waals surface area contributed by atoms with Gasteiger partial charge in [0.05, 0.1) is 12.7 Å². The lowest BCUT2D eigenvalue weighted by atomic mass is 10.1. The van der Waals surface area contributed by atoms with E-state index in [-0.39, 0.29) is 12.4 Å². The van der Waals surface area contributed by atoms with E-state index in [4.69, 9.17) is 14.4 Å². The summed E-state index contributed by atoms with van der Waals surface area (Å²) in [4.78, 5) is 12.1. The lowest BCUT2D eigenvalue weighted by Gasteiger charge is -2.01. The van der Waals surface area contributed by atoms with E-state index >= 15 is 0 Å². The molecule has 0 saturated heterocycles. The fourth-order valence-electron chi connectivity index (χ4n) is 2.53. The molecular weight excluding hydrogens is 278 g/mol. The molecule has 0 spiro atoms. The molecule has 3 rings (SSSR count). The Kier molecular flexibility index (Phi) is 3.80. The van der Waals surface area contributed by atoms with E-state index in [0.717, 1.165) is 21.7 Å². The number of hydrogen-bond donors (Lipinski definition) is 0. The third-order valence-corrected chi connectivity index (χ3v) is 3.68. The molecule has 0 fully saturated rings. The minimum atomic E-state index is -0.476. The summed E-state index contributed by atoms with van der Waals surface area (Å²) in [7, 11) is 0. The maximum atomic E-state index is 12.1. The van der Waals surface area contributed by atoms with E-state index in [1.54, 1.807) is 0 Å². The van der Waals surface area contributed by atoms with E-state index in [0.29, 0.717) is 18.4 Å². The lowest BCUT2D eigenvalue weighted by molar-refractivity contribution is 0.0467. The summed E-state index contributed by atoms with van der Waals surface area (Å²) < 4.78 is 11.0. The molecule has 3 aromatic rings. The Morgan fingerprint density at radius 1 is 1.23 bits per heavy atom. The number of nitrogens with zero attached hydrogens (tertiary/aromatic N) is 1. The molecule has 0 aliphatic rings. The zero-order valence-corrected chi connectivity index (χ0v) is 12.3. The number of fused-ring (bicyclic) bond motifs is 3. The van der Waals surface area contributed by atoms with Gasteiger partial charge in [-0.05, 0) is 18.7 Å². The Labute approximate surface area is 127 Å². The molecule has 1 heterocycles. The molecule has 0 aliphatic heterocycles.